The van der Waals surface area contributed by atoms with Crippen LogP contribution in [0.2, 0.25) is 0 Å². The summed E-state index contributed by atoms with van der Waals surface area (Å²) in [5.74, 6) is -1.16. The molecule has 0 unspecified atom stereocenters. The average molecular weight is 415 g/mol. The zero-order chi connectivity index (χ0) is 22.0. The summed E-state index contributed by atoms with van der Waals surface area (Å²) in [6, 6.07) is 21.0. The van der Waals surface area contributed by atoms with Gasteiger partial charge in [-0.1, -0.05) is 77.9 Å². The number of ether oxygens (including phenoxy) is 1. The first-order valence-electron chi connectivity index (χ1n) is 10.3. The predicted molar refractivity (Wildman–Crippen MR) is 119 cm³/mol. The molecule has 3 aromatic carbocycles. The SMILES string of the molecule is Cc1cc(C)cc(C[C@H](NC(=O)OCC2c3ccccc3-c3ccccc32)C(=O)O)c1. The zero-order valence-electron chi connectivity index (χ0n) is 17.6. The lowest BCUT2D eigenvalue weighted by molar-refractivity contribution is -0.139. The van der Waals surface area contributed by atoms with Crippen molar-refractivity contribution in [2.75, 3.05) is 6.61 Å². The van der Waals surface area contributed by atoms with Crippen molar-refractivity contribution in [3.8, 4) is 11.1 Å². The Balaban J connectivity index is 1.44. The van der Waals surface area contributed by atoms with Gasteiger partial charge in [-0.25, -0.2) is 9.59 Å². The molecule has 4 rings (SSSR count). The van der Waals surface area contributed by atoms with Crippen molar-refractivity contribution in [2.24, 2.45) is 0 Å². The topological polar surface area (TPSA) is 75.6 Å². The fourth-order valence-corrected chi connectivity index (χ4v) is 4.40. The first kappa shape index (κ1) is 20.7. The van der Waals surface area contributed by atoms with Crippen LogP contribution < -0.4 is 5.32 Å². The molecule has 3 aromatic rings. The quantitative estimate of drug-likeness (QED) is 0.604. The van der Waals surface area contributed by atoms with Gasteiger partial charge in [0.2, 0.25) is 0 Å². The number of rotatable bonds is 6. The van der Waals surface area contributed by atoms with E-state index in [1.165, 1.54) is 0 Å². The lowest BCUT2D eigenvalue weighted by Crippen LogP contribution is -2.42. The third-order valence-electron chi connectivity index (χ3n) is 5.66. The van der Waals surface area contributed by atoms with E-state index in [-0.39, 0.29) is 18.9 Å². The number of alkyl carbamates (subject to hydrolysis) is 1. The Bertz CT molecular complexity index is 1070. The largest absolute Gasteiger partial charge is 0.480 e. The highest BCUT2D eigenvalue weighted by Crippen LogP contribution is 2.44. The molecule has 1 amide bonds. The van der Waals surface area contributed by atoms with Crippen LogP contribution in [-0.2, 0) is 16.0 Å². The molecular formula is C26H25NO4. The molecule has 31 heavy (non-hydrogen) atoms. The minimum Gasteiger partial charge on any atom is -0.480 e. The lowest BCUT2D eigenvalue weighted by Gasteiger charge is -2.18. The molecule has 0 saturated heterocycles. The highest BCUT2D eigenvalue weighted by atomic mass is 16.5. The van der Waals surface area contributed by atoms with Crippen molar-refractivity contribution in [3.05, 3.63) is 94.5 Å². The zero-order valence-corrected chi connectivity index (χ0v) is 17.6. The Morgan fingerprint density at radius 2 is 1.48 bits per heavy atom. The summed E-state index contributed by atoms with van der Waals surface area (Å²) < 4.78 is 5.49. The van der Waals surface area contributed by atoms with Crippen LogP contribution in [0.25, 0.3) is 11.1 Å². The van der Waals surface area contributed by atoms with Gasteiger partial charge in [0, 0.05) is 12.3 Å². The van der Waals surface area contributed by atoms with E-state index >= 15 is 0 Å². The van der Waals surface area contributed by atoms with Gasteiger partial charge in [-0.15, -0.1) is 0 Å². The summed E-state index contributed by atoms with van der Waals surface area (Å²) in [6.45, 7) is 4.08. The van der Waals surface area contributed by atoms with Crippen LogP contribution in [-0.4, -0.2) is 29.8 Å². The molecule has 1 aliphatic carbocycles. The van der Waals surface area contributed by atoms with E-state index < -0.39 is 18.1 Å². The van der Waals surface area contributed by atoms with Crippen LogP contribution in [0.4, 0.5) is 4.79 Å². The fraction of sp³-hybridized carbons (Fsp3) is 0.231. The van der Waals surface area contributed by atoms with Crippen molar-refractivity contribution < 1.29 is 19.4 Å². The maximum absolute atomic E-state index is 12.5. The van der Waals surface area contributed by atoms with Gasteiger partial charge >= 0.3 is 12.1 Å². The number of carboxylic acid groups (broad SMARTS) is 1. The molecule has 0 bridgehead atoms. The third kappa shape index (κ3) is 4.45. The molecule has 0 aliphatic heterocycles. The van der Waals surface area contributed by atoms with Gasteiger partial charge in [0.05, 0.1) is 0 Å². The van der Waals surface area contributed by atoms with Crippen LogP contribution in [0, 0.1) is 13.8 Å². The molecule has 0 saturated carbocycles. The predicted octanol–water partition coefficient (Wildman–Crippen LogP) is 4.84. The van der Waals surface area contributed by atoms with Crippen LogP contribution in [0.5, 0.6) is 0 Å². The van der Waals surface area contributed by atoms with Gasteiger partial charge in [0.15, 0.2) is 0 Å². The Morgan fingerprint density at radius 1 is 0.935 bits per heavy atom. The minimum atomic E-state index is -1.09. The van der Waals surface area contributed by atoms with Gasteiger partial charge in [0.25, 0.3) is 0 Å². The fourth-order valence-electron chi connectivity index (χ4n) is 4.40. The van der Waals surface area contributed by atoms with Crippen LogP contribution in [0.3, 0.4) is 0 Å². The number of carboxylic acids is 1. The summed E-state index contributed by atoms with van der Waals surface area (Å²) in [7, 11) is 0. The number of benzene rings is 3. The first-order valence-corrected chi connectivity index (χ1v) is 10.3. The second kappa shape index (κ2) is 8.64. The smallest absolute Gasteiger partial charge is 0.407 e. The molecule has 1 atom stereocenters. The number of amides is 1. The molecular weight excluding hydrogens is 390 g/mol. The van der Waals surface area contributed by atoms with Gasteiger partial charge in [-0.05, 0) is 41.7 Å². The molecule has 0 fully saturated rings. The number of hydrogen-bond acceptors (Lipinski definition) is 3. The summed E-state index contributed by atoms with van der Waals surface area (Å²) >= 11 is 0. The molecule has 0 aromatic heterocycles. The summed E-state index contributed by atoms with van der Waals surface area (Å²) in [6.07, 6.45) is -0.527. The van der Waals surface area contributed by atoms with Gasteiger partial charge in [-0.2, -0.15) is 0 Å². The van der Waals surface area contributed by atoms with E-state index in [9.17, 15) is 14.7 Å². The molecule has 5 heteroatoms. The summed E-state index contributed by atoms with van der Waals surface area (Å²) in [5.41, 5.74) is 7.49. The highest BCUT2D eigenvalue weighted by molar-refractivity contribution is 5.81. The number of carbonyl (C=O) groups is 2. The highest BCUT2D eigenvalue weighted by Gasteiger charge is 2.29. The molecule has 5 nitrogen and oxygen atoms in total. The van der Waals surface area contributed by atoms with E-state index in [0.29, 0.717) is 0 Å². The molecule has 0 heterocycles. The van der Waals surface area contributed by atoms with E-state index in [2.05, 4.69) is 17.4 Å². The van der Waals surface area contributed by atoms with Crippen molar-refractivity contribution in [3.63, 3.8) is 0 Å². The third-order valence-corrected chi connectivity index (χ3v) is 5.66. The van der Waals surface area contributed by atoms with Crippen LogP contribution in [0.15, 0.2) is 66.7 Å². The van der Waals surface area contributed by atoms with Crippen molar-refractivity contribution in [2.45, 2.75) is 32.2 Å². The molecule has 2 N–H and O–H groups in total. The van der Waals surface area contributed by atoms with E-state index in [0.717, 1.165) is 38.9 Å². The van der Waals surface area contributed by atoms with Crippen molar-refractivity contribution in [1.29, 1.82) is 0 Å². The lowest BCUT2D eigenvalue weighted by atomic mass is 9.98. The van der Waals surface area contributed by atoms with Crippen molar-refractivity contribution in [1.82, 2.24) is 5.32 Å². The molecule has 158 valence electrons. The van der Waals surface area contributed by atoms with E-state index in [1.807, 2.05) is 68.4 Å². The van der Waals surface area contributed by atoms with Crippen LogP contribution in [0.1, 0.15) is 33.7 Å². The number of fused-ring (bicyclic) bond motifs is 3. The molecule has 1 aliphatic rings. The molecule has 0 spiro atoms. The maximum atomic E-state index is 12.5. The standard InChI is InChI=1S/C26H25NO4/c1-16-11-17(2)13-18(12-16)14-24(25(28)29)27-26(30)31-15-23-21-9-5-3-7-19(21)20-8-4-6-10-22(20)23/h3-13,23-24H,14-15H2,1-2H3,(H,27,30)(H,28,29)/t24-/m0/s1. The van der Waals surface area contributed by atoms with Gasteiger partial charge < -0.3 is 15.2 Å². The Hall–Kier alpha value is -3.60. The maximum Gasteiger partial charge on any atom is 0.407 e. The first-order chi connectivity index (χ1) is 14.9. The second-order valence-corrected chi connectivity index (χ2v) is 8.06. The monoisotopic (exact) mass is 415 g/mol. The number of hydrogen-bond donors (Lipinski definition) is 2. The Labute approximate surface area is 181 Å². The average Bonchev–Trinajstić information content (AvgIpc) is 3.05. The number of aryl methyl sites for hydroxylation is 2. The van der Waals surface area contributed by atoms with E-state index in [4.69, 9.17) is 4.74 Å². The summed E-state index contributed by atoms with van der Waals surface area (Å²) in [5, 5.41) is 12.1. The number of aliphatic carboxylic acids is 1. The van der Waals surface area contributed by atoms with Gasteiger partial charge in [-0.3, -0.25) is 0 Å². The minimum absolute atomic E-state index is 0.0687. The summed E-state index contributed by atoms with van der Waals surface area (Å²) in [4.78, 5) is 24.2. The number of carbonyl (C=O) groups excluding carboxylic acids is 1. The Kier molecular flexibility index (Phi) is 5.76. The second-order valence-electron chi connectivity index (χ2n) is 8.06. The van der Waals surface area contributed by atoms with Gasteiger partial charge in [0.1, 0.15) is 12.6 Å². The number of nitrogens with one attached hydrogen (secondary N) is 1. The van der Waals surface area contributed by atoms with Crippen molar-refractivity contribution >= 4 is 12.1 Å². The molecule has 0 radical (unpaired) electrons. The Morgan fingerprint density at radius 3 is 2.03 bits per heavy atom. The normalized spacial score (nSPS) is 13.2. The van der Waals surface area contributed by atoms with E-state index in [1.54, 1.807) is 0 Å². The van der Waals surface area contributed by atoms with Crippen LogP contribution >= 0.6 is 0 Å².